The molecule has 0 aliphatic carbocycles. The molecule has 0 heterocycles. The van der Waals surface area contributed by atoms with E-state index < -0.39 is 5.97 Å². The zero-order chi connectivity index (χ0) is 17.4. The highest BCUT2D eigenvalue weighted by atomic mass is 35.5. The van der Waals surface area contributed by atoms with Gasteiger partial charge in [0.1, 0.15) is 5.75 Å². The van der Waals surface area contributed by atoms with Crippen LogP contribution in [-0.2, 0) is 4.74 Å². The molecule has 5 heteroatoms. The molecule has 126 valence electrons. The maximum Gasteiger partial charge on any atom is 0.343 e. The van der Waals surface area contributed by atoms with Gasteiger partial charge in [0.25, 0.3) is 0 Å². The predicted octanol–water partition coefficient (Wildman–Crippen LogP) is 4.91. The Labute approximate surface area is 146 Å². The number of halogens is 1. The normalized spacial score (nSPS) is 10.2. The van der Waals surface area contributed by atoms with Crippen LogP contribution < -0.4 is 4.74 Å². The summed E-state index contributed by atoms with van der Waals surface area (Å²) in [5.41, 5.74) is 0.830. The largest absolute Gasteiger partial charge is 0.462 e. The van der Waals surface area contributed by atoms with Crippen LogP contribution in [0.15, 0.2) is 48.5 Å². The minimum atomic E-state index is -0.485. The van der Waals surface area contributed by atoms with Gasteiger partial charge in [0.15, 0.2) is 0 Å². The quantitative estimate of drug-likeness (QED) is 0.406. The second kappa shape index (κ2) is 9.08. The van der Waals surface area contributed by atoms with E-state index in [4.69, 9.17) is 21.1 Å². The van der Waals surface area contributed by atoms with E-state index in [1.807, 2.05) is 0 Å². The number of esters is 2. The van der Waals surface area contributed by atoms with E-state index in [9.17, 15) is 9.59 Å². The van der Waals surface area contributed by atoms with E-state index in [2.05, 4.69) is 6.92 Å². The topological polar surface area (TPSA) is 52.6 Å². The maximum atomic E-state index is 12.0. The molecule has 2 rings (SSSR count). The lowest BCUT2D eigenvalue weighted by molar-refractivity contribution is 0.0498. The molecule has 2 aromatic carbocycles. The van der Waals surface area contributed by atoms with Gasteiger partial charge in [0.05, 0.1) is 17.7 Å². The molecule has 0 aliphatic heterocycles. The third-order valence-corrected chi connectivity index (χ3v) is 3.61. The summed E-state index contributed by atoms with van der Waals surface area (Å²) in [6.07, 6.45) is 2.97. The molecule has 2 aromatic rings. The van der Waals surface area contributed by atoms with Gasteiger partial charge in [0, 0.05) is 5.02 Å². The molecular formula is C19H19ClO4. The highest BCUT2D eigenvalue weighted by molar-refractivity contribution is 6.30. The van der Waals surface area contributed by atoms with Gasteiger partial charge in [0.2, 0.25) is 0 Å². The Morgan fingerprint density at radius 3 is 2.08 bits per heavy atom. The van der Waals surface area contributed by atoms with E-state index in [-0.39, 0.29) is 5.97 Å². The Hall–Kier alpha value is -2.33. The number of carbonyl (C=O) groups excluding carboxylic acids is 2. The van der Waals surface area contributed by atoms with Crippen molar-refractivity contribution in [3.05, 3.63) is 64.7 Å². The molecule has 0 saturated heterocycles. The fourth-order valence-electron chi connectivity index (χ4n) is 2.01. The van der Waals surface area contributed by atoms with Gasteiger partial charge >= 0.3 is 11.9 Å². The van der Waals surface area contributed by atoms with Crippen molar-refractivity contribution in [3.8, 4) is 5.75 Å². The molecule has 0 N–H and O–H groups in total. The van der Waals surface area contributed by atoms with E-state index in [0.717, 1.165) is 19.3 Å². The summed E-state index contributed by atoms with van der Waals surface area (Å²) in [5.74, 6) is -0.499. The lowest BCUT2D eigenvalue weighted by Gasteiger charge is -2.07. The number of ether oxygens (including phenoxy) is 2. The average Bonchev–Trinajstić information content (AvgIpc) is 2.59. The zero-order valence-corrected chi connectivity index (χ0v) is 14.2. The third kappa shape index (κ3) is 5.39. The number of rotatable bonds is 7. The van der Waals surface area contributed by atoms with Gasteiger partial charge < -0.3 is 9.47 Å². The molecule has 0 atom stereocenters. The van der Waals surface area contributed by atoms with Crippen LogP contribution in [0.25, 0.3) is 0 Å². The van der Waals surface area contributed by atoms with E-state index >= 15 is 0 Å². The summed E-state index contributed by atoms with van der Waals surface area (Å²) in [4.78, 5) is 23.8. The fraction of sp³-hybridized carbons (Fsp3) is 0.263. The van der Waals surface area contributed by atoms with Crippen molar-refractivity contribution in [2.75, 3.05) is 6.61 Å². The summed E-state index contributed by atoms with van der Waals surface area (Å²) in [6.45, 7) is 2.51. The first kappa shape index (κ1) is 18.0. The fourth-order valence-corrected chi connectivity index (χ4v) is 2.14. The molecule has 0 saturated carbocycles. The second-order valence-electron chi connectivity index (χ2n) is 5.26. The first-order valence-electron chi connectivity index (χ1n) is 7.85. The standard InChI is InChI=1S/C19H19ClO4/c1-2-3-4-13-23-18(21)14-7-11-17(12-8-14)24-19(22)15-5-9-16(20)10-6-15/h5-12H,2-4,13H2,1H3. The van der Waals surface area contributed by atoms with Crippen molar-refractivity contribution in [2.24, 2.45) is 0 Å². The summed E-state index contributed by atoms with van der Waals surface area (Å²) < 4.78 is 10.4. The maximum absolute atomic E-state index is 12.0. The number of unbranched alkanes of at least 4 members (excludes halogenated alkanes) is 2. The van der Waals surface area contributed by atoms with Crippen molar-refractivity contribution >= 4 is 23.5 Å². The van der Waals surface area contributed by atoms with Crippen molar-refractivity contribution in [3.63, 3.8) is 0 Å². The lowest BCUT2D eigenvalue weighted by atomic mass is 10.2. The van der Waals surface area contributed by atoms with E-state index in [1.54, 1.807) is 48.5 Å². The van der Waals surface area contributed by atoms with Gasteiger partial charge in [-0.05, 0) is 55.0 Å². The Balaban J connectivity index is 1.90. The second-order valence-corrected chi connectivity index (χ2v) is 5.70. The van der Waals surface area contributed by atoms with Crippen LogP contribution in [0.3, 0.4) is 0 Å². The van der Waals surface area contributed by atoms with Gasteiger partial charge in [-0.15, -0.1) is 0 Å². The van der Waals surface area contributed by atoms with Crippen LogP contribution in [0.4, 0.5) is 0 Å². The van der Waals surface area contributed by atoms with Crippen LogP contribution in [-0.4, -0.2) is 18.5 Å². The van der Waals surface area contributed by atoms with Gasteiger partial charge in [-0.25, -0.2) is 9.59 Å². The summed E-state index contributed by atoms with van der Waals surface area (Å²) in [6, 6.07) is 12.7. The zero-order valence-electron chi connectivity index (χ0n) is 13.5. The molecule has 0 radical (unpaired) electrons. The summed E-state index contributed by atoms with van der Waals surface area (Å²) in [5, 5.41) is 0.549. The number of hydrogen-bond donors (Lipinski definition) is 0. The number of benzene rings is 2. The van der Waals surface area contributed by atoms with E-state index in [0.29, 0.717) is 28.5 Å². The predicted molar refractivity (Wildman–Crippen MR) is 92.7 cm³/mol. The Morgan fingerprint density at radius 1 is 0.875 bits per heavy atom. The van der Waals surface area contributed by atoms with Gasteiger partial charge in [-0.3, -0.25) is 0 Å². The highest BCUT2D eigenvalue weighted by Crippen LogP contribution is 2.16. The van der Waals surface area contributed by atoms with Crippen LogP contribution in [0, 0.1) is 0 Å². The summed E-state index contributed by atoms with van der Waals surface area (Å²) >= 11 is 5.78. The monoisotopic (exact) mass is 346 g/mol. The molecule has 4 nitrogen and oxygen atoms in total. The molecule has 0 spiro atoms. The summed E-state index contributed by atoms with van der Waals surface area (Å²) in [7, 11) is 0. The van der Waals surface area contributed by atoms with Crippen LogP contribution in [0.2, 0.25) is 5.02 Å². The van der Waals surface area contributed by atoms with Gasteiger partial charge in [-0.2, -0.15) is 0 Å². The first-order chi connectivity index (χ1) is 11.6. The molecule has 0 amide bonds. The van der Waals surface area contributed by atoms with E-state index in [1.165, 1.54) is 0 Å². The smallest absolute Gasteiger partial charge is 0.343 e. The van der Waals surface area contributed by atoms with Crippen LogP contribution >= 0.6 is 11.6 Å². The lowest BCUT2D eigenvalue weighted by Crippen LogP contribution is -2.09. The van der Waals surface area contributed by atoms with Gasteiger partial charge in [-0.1, -0.05) is 31.4 Å². The molecule has 0 aliphatic rings. The highest BCUT2D eigenvalue weighted by Gasteiger charge is 2.10. The van der Waals surface area contributed by atoms with Crippen LogP contribution in [0.5, 0.6) is 5.75 Å². The number of hydrogen-bond acceptors (Lipinski definition) is 4. The van der Waals surface area contributed by atoms with Crippen molar-refractivity contribution < 1.29 is 19.1 Å². The van der Waals surface area contributed by atoms with Crippen molar-refractivity contribution in [1.29, 1.82) is 0 Å². The Kier molecular flexibility index (Phi) is 6.82. The molecular weight excluding hydrogens is 328 g/mol. The first-order valence-corrected chi connectivity index (χ1v) is 8.23. The SMILES string of the molecule is CCCCCOC(=O)c1ccc(OC(=O)c2ccc(Cl)cc2)cc1. The molecule has 0 fully saturated rings. The Morgan fingerprint density at radius 2 is 1.46 bits per heavy atom. The van der Waals surface area contributed by atoms with Crippen LogP contribution in [0.1, 0.15) is 46.9 Å². The molecule has 0 aromatic heterocycles. The van der Waals surface area contributed by atoms with Crippen molar-refractivity contribution in [2.45, 2.75) is 26.2 Å². The molecule has 0 unspecified atom stereocenters. The molecule has 0 bridgehead atoms. The average molecular weight is 347 g/mol. The Bertz CT molecular complexity index is 678. The molecule has 24 heavy (non-hydrogen) atoms. The minimum Gasteiger partial charge on any atom is -0.462 e. The third-order valence-electron chi connectivity index (χ3n) is 3.36. The number of carbonyl (C=O) groups is 2. The minimum absolute atomic E-state index is 0.359. The van der Waals surface area contributed by atoms with Crippen molar-refractivity contribution in [1.82, 2.24) is 0 Å².